The first-order chi connectivity index (χ1) is 9.12. The van der Waals surface area contributed by atoms with Crippen molar-refractivity contribution in [1.82, 2.24) is 5.48 Å². The summed E-state index contributed by atoms with van der Waals surface area (Å²) in [7, 11) is -2.05. The van der Waals surface area contributed by atoms with Crippen molar-refractivity contribution in [2.24, 2.45) is 5.92 Å². The minimum Gasteiger partial charge on any atom is -0.393 e. The number of hydroxylamine groups is 1. The SMILES string of the molecule is CCCC[Si]1(CCC(S)CC)OCCC(C)CNO1. The molecule has 3 atom stereocenters. The molecule has 0 aromatic rings. The van der Waals surface area contributed by atoms with Gasteiger partial charge >= 0.3 is 8.56 Å². The van der Waals surface area contributed by atoms with Gasteiger partial charge in [-0.1, -0.05) is 33.6 Å². The Kier molecular flexibility index (Phi) is 8.65. The lowest BCUT2D eigenvalue weighted by Gasteiger charge is -2.34. The van der Waals surface area contributed by atoms with Crippen LogP contribution in [0.4, 0.5) is 0 Å². The third kappa shape index (κ3) is 6.62. The summed E-state index contributed by atoms with van der Waals surface area (Å²) in [5.74, 6) is 0.631. The van der Waals surface area contributed by atoms with Gasteiger partial charge in [-0.05, 0) is 37.3 Å². The standard InChI is InChI=1S/C14H31NO2SSi/c1-4-6-10-19(11-8-14(18)5-2)16-9-7-13(3)12-15-17-19/h13-15,18H,4-12H2,1-3H3. The second-order valence-corrected chi connectivity index (χ2v) is 9.85. The predicted molar refractivity (Wildman–Crippen MR) is 86.8 cm³/mol. The lowest BCUT2D eigenvalue weighted by Crippen LogP contribution is -2.49. The molecule has 1 saturated heterocycles. The molecule has 0 spiro atoms. The van der Waals surface area contributed by atoms with Gasteiger partial charge in [0.1, 0.15) is 0 Å². The van der Waals surface area contributed by atoms with Crippen LogP contribution in [0.5, 0.6) is 0 Å². The molecular weight excluding hydrogens is 274 g/mol. The van der Waals surface area contributed by atoms with E-state index in [0.717, 1.165) is 44.5 Å². The van der Waals surface area contributed by atoms with Gasteiger partial charge in [0.25, 0.3) is 0 Å². The first-order valence-corrected chi connectivity index (χ1v) is 10.6. The Morgan fingerprint density at radius 1 is 1.37 bits per heavy atom. The highest BCUT2D eigenvalue weighted by atomic mass is 32.1. The first kappa shape index (κ1) is 17.5. The molecule has 0 aromatic heterocycles. The van der Waals surface area contributed by atoms with Crippen molar-refractivity contribution in [3.63, 3.8) is 0 Å². The van der Waals surface area contributed by atoms with Crippen LogP contribution in [0.15, 0.2) is 0 Å². The number of hydrogen-bond acceptors (Lipinski definition) is 4. The molecular formula is C14H31NO2SSi. The molecule has 1 N–H and O–H groups in total. The first-order valence-electron chi connectivity index (χ1n) is 7.84. The van der Waals surface area contributed by atoms with Crippen molar-refractivity contribution >= 4 is 21.2 Å². The topological polar surface area (TPSA) is 30.5 Å². The smallest absolute Gasteiger partial charge is 0.358 e. The minimum absolute atomic E-state index is 0.475. The Balaban J connectivity index is 2.56. The highest BCUT2D eigenvalue weighted by Gasteiger charge is 2.38. The van der Waals surface area contributed by atoms with E-state index in [1.807, 2.05) is 0 Å². The van der Waals surface area contributed by atoms with Crippen LogP contribution in [0.25, 0.3) is 0 Å². The van der Waals surface area contributed by atoms with Gasteiger partial charge in [0.2, 0.25) is 0 Å². The molecule has 1 aliphatic rings. The summed E-state index contributed by atoms with van der Waals surface area (Å²) >= 11 is 4.61. The zero-order chi connectivity index (χ0) is 14.1. The van der Waals surface area contributed by atoms with Gasteiger partial charge in [-0.3, -0.25) is 0 Å². The van der Waals surface area contributed by atoms with E-state index in [4.69, 9.17) is 8.95 Å². The Hall–Kier alpha value is 0.447. The second-order valence-electron chi connectivity index (χ2n) is 5.81. The van der Waals surface area contributed by atoms with Crippen molar-refractivity contribution in [2.45, 2.75) is 70.2 Å². The summed E-state index contributed by atoms with van der Waals surface area (Å²) in [4.78, 5) is 0. The average molecular weight is 306 g/mol. The van der Waals surface area contributed by atoms with E-state index >= 15 is 0 Å². The zero-order valence-electron chi connectivity index (χ0n) is 12.8. The lowest BCUT2D eigenvalue weighted by molar-refractivity contribution is 0.0682. The molecule has 5 heteroatoms. The van der Waals surface area contributed by atoms with Gasteiger partial charge in [-0.15, -0.1) is 0 Å². The normalized spacial score (nSPS) is 30.6. The van der Waals surface area contributed by atoms with Crippen LogP contribution in [-0.4, -0.2) is 27.0 Å². The van der Waals surface area contributed by atoms with Gasteiger partial charge in [-0.2, -0.15) is 12.6 Å². The van der Waals surface area contributed by atoms with E-state index < -0.39 is 8.56 Å². The van der Waals surface area contributed by atoms with Crippen molar-refractivity contribution < 1.29 is 8.95 Å². The minimum atomic E-state index is -2.05. The average Bonchev–Trinajstić information content (AvgIpc) is 2.39. The predicted octanol–water partition coefficient (Wildman–Crippen LogP) is 3.90. The number of unbranched alkanes of at least 4 members (excludes halogenated alkanes) is 1. The zero-order valence-corrected chi connectivity index (χ0v) is 14.7. The molecule has 0 aliphatic carbocycles. The molecule has 1 fully saturated rings. The Labute approximate surface area is 125 Å². The van der Waals surface area contributed by atoms with Crippen LogP contribution < -0.4 is 5.48 Å². The fraction of sp³-hybridized carbons (Fsp3) is 1.00. The molecule has 1 heterocycles. The summed E-state index contributed by atoms with van der Waals surface area (Å²) in [6.07, 6.45) is 5.76. The highest BCUT2D eigenvalue weighted by molar-refractivity contribution is 7.80. The molecule has 3 unspecified atom stereocenters. The maximum Gasteiger partial charge on any atom is 0.358 e. The van der Waals surface area contributed by atoms with Gasteiger partial charge < -0.3 is 8.95 Å². The third-order valence-corrected chi connectivity index (χ3v) is 7.94. The maximum absolute atomic E-state index is 6.26. The Morgan fingerprint density at radius 2 is 2.16 bits per heavy atom. The molecule has 1 aliphatic heterocycles. The van der Waals surface area contributed by atoms with Crippen LogP contribution in [0.2, 0.25) is 12.1 Å². The summed E-state index contributed by atoms with van der Waals surface area (Å²) in [5, 5.41) is 0.475. The van der Waals surface area contributed by atoms with E-state index in [1.165, 1.54) is 12.8 Å². The fourth-order valence-electron chi connectivity index (χ4n) is 2.30. The maximum atomic E-state index is 6.26. The van der Waals surface area contributed by atoms with Crippen molar-refractivity contribution in [3.8, 4) is 0 Å². The number of thiol groups is 1. The number of hydrogen-bond donors (Lipinski definition) is 2. The molecule has 0 aromatic carbocycles. The Morgan fingerprint density at radius 3 is 2.84 bits per heavy atom. The van der Waals surface area contributed by atoms with Gasteiger partial charge in [0, 0.05) is 18.4 Å². The van der Waals surface area contributed by atoms with Crippen LogP contribution in [0.1, 0.15) is 52.9 Å². The second kappa shape index (κ2) is 9.40. The third-order valence-electron chi connectivity index (χ3n) is 3.91. The largest absolute Gasteiger partial charge is 0.393 e. The number of nitrogens with one attached hydrogen (secondary N) is 1. The van der Waals surface area contributed by atoms with Gasteiger partial charge in [0.05, 0.1) is 0 Å². The number of rotatable bonds is 7. The molecule has 0 amide bonds. The van der Waals surface area contributed by atoms with E-state index in [2.05, 4.69) is 38.9 Å². The van der Waals surface area contributed by atoms with Crippen molar-refractivity contribution in [1.29, 1.82) is 0 Å². The monoisotopic (exact) mass is 305 g/mol. The van der Waals surface area contributed by atoms with Crippen LogP contribution in [-0.2, 0) is 8.95 Å². The quantitative estimate of drug-likeness (QED) is 0.552. The molecule has 3 nitrogen and oxygen atoms in total. The van der Waals surface area contributed by atoms with E-state index in [-0.39, 0.29) is 0 Å². The summed E-state index contributed by atoms with van der Waals surface area (Å²) in [6.45, 7) is 8.47. The summed E-state index contributed by atoms with van der Waals surface area (Å²) < 4.78 is 12.3. The lowest BCUT2D eigenvalue weighted by atomic mass is 10.1. The van der Waals surface area contributed by atoms with Gasteiger partial charge in [-0.25, -0.2) is 5.48 Å². The van der Waals surface area contributed by atoms with Crippen LogP contribution in [0, 0.1) is 5.92 Å². The molecule has 0 bridgehead atoms. The molecule has 0 radical (unpaired) electrons. The van der Waals surface area contributed by atoms with Crippen molar-refractivity contribution in [2.75, 3.05) is 13.2 Å². The molecule has 0 saturated carbocycles. The van der Waals surface area contributed by atoms with Crippen molar-refractivity contribution in [3.05, 3.63) is 0 Å². The summed E-state index contributed by atoms with van der Waals surface area (Å²) in [5.41, 5.74) is 3.19. The van der Waals surface area contributed by atoms with Crippen LogP contribution in [0.3, 0.4) is 0 Å². The highest BCUT2D eigenvalue weighted by Crippen LogP contribution is 2.27. The van der Waals surface area contributed by atoms with Gasteiger partial charge in [0.15, 0.2) is 0 Å². The molecule has 1 rings (SSSR count). The Bertz CT molecular complexity index is 233. The van der Waals surface area contributed by atoms with E-state index in [0.29, 0.717) is 11.2 Å². The van der Waals surface area contributed by atoms with Crippen LogP contribution >= 0.6 is 12.6 Å². The molecule has 114 valence electrons. The van der Waals surface area contributed by atoms with E-state index in [1.54, 1.807) is 0 Å². The molecule has 19 heavy (non-hydrogen) atoms. The fourth-order valence-corrected chi connectivity index (χ4v) is 5.99. The van der Waals surface area contributed by atoms with E-state index in [9.17, 15) is 0 Å². The summed E-state index contributed by atoms with van der Waals surface area (Å²) in [6, 6.07) is 2.17.